The number of piperidine rings is 1. The average molecular weight is 391 g/mol. The molecule has 6 nitrogen and oxygen atoms in total. The van der Waals surface area contributed by atoms with Crippen LogP contribution >= 0.6 is 11.3 Å². The van der Waals surface area contributed by atoms with Gasteiger partial charge in [-0.3, -0.25) is 9.69 Å². The predicted molar refractivity (Wildman–Crippen MR) is 104 cm³/mol. The van der Waals surface area contributed by atoms with Crippen LogP contribution in [0.15, 0.2) is 29.6 Å². The summed E-state index contributed by atoms with van der Waals surface area (Å²) in [6, 6.07) is 8.02. The highest BCUT2D eigenvalue weighted by atomic mass is 32.1. The van der Waals surface area contributed by atoms with Crippen LogP contribution in [-0.2, 0) is 4.79 Å². The van der Waals surface area contributed by atoms with Crippen LogP contribution in [0.25, 0.3) is 0 Å². The highest BCUT2D eigenvalue weighted by molar-refractivity contribution is 7.10. The van der Waals surface area contributed by atoms with Gasteiger partial charge in [-0.05, 0) is 49.5 Å². The molecule has 0 amide bonds. The Morgan fingerprint density at radius 1 is 1.11 bits per heavy atom. The van der Waals surface area contributed by atoms with E-state index in [4.69, 9.17) is 14.2 Å². The van der Waals surface area contributed by atoms with Crippen molar-refractivity contribution in [1.29, 1.82) is 0 Å². The molecule has 1 aliphatic heterocycles. The van der Waals surface area contributed by atoms with Crippen molar-refractivity contribution in [2.24, 2.45) is 5.92 Å². The lowest BCUT2D eigenvalue weighted by Crippen LogP contribution is -2.39. The minimum Gasteiger partial charge on any atom is -0.493 e. The zero-order chi connectivity index (χ0) is 19.4. The van der Waals surface area contributed by atoms with Crippen molar-refractivity contribution in [2.45, 2.75) is 18.9 Å². The van der Waals surface area contributed by atoms with E-state index in [0.29, 0.717) is 30.1 Å². The van der Waals surface area contributed by atoms with Crippen LogP contribution in [0.2, 0.25) is 0 Å². The highest BCUT2D eigenvalue weighted by Crippen LogP contribution is 2.46. The van der Waals surface area contributed by atoms with Gasteiger partial charge in [-0.15, -0.1) is 11.3 Å². The number of likely N-dealkylation sites (tertiary alicyclic amines) is 1. The number of carboxylic acid groups (broad SMARTS) is 1. The molecule has 0 saturated carbocycles. The van der Waals surface area contributed by atoms with Crippen LogP contribution in [0.5, 0.6) is 17.2 Å². The number of carbonyl (C=O) groups is 1. The first-order valence-corrected chi connectivity index (χ1v) is 9.77. The van der Waals surface area contributed by atoms with E-state index in [9.17, 15) is 9.90 Å². The highest BCUT2D eigenvalue weighted by Gasteiger charge is 2.33. The van der Waals surface area contributed by atoms with Gasteiger partial charge in [0.1, 0.15) is 0 Å². The van der Waals surface area contributed by atoms with Gasteiger partial charge in [0.2, 0.25) is 5.75 Å². The Bertz CT molecular complexity index is 769. The van der Waals surface area contributed by atoms with Crippen LogP contribution in [-0.4, -0.2) is 50.4 Å². The molecular formula is C20H25NO5S. The van der Waals surface area contributed by atoms with E-state index in [2.05, 4.69) is 16.3 Å². The Balaban J connectivity index is 2.02. The third-order valence-electron chi connectivity index (χ3n) is 5.09. The number of nitrogens with zero attached hydrogens (tertiary/aromatic N) is 1. The Morgan fingerprint density at radius 3 is 2.33 bits per heavy atom. The van der Waals surface area contributed by atoms with E-state index in [1.165, 1.54) is 4.88 Å². The van der Waals surface area contributed by atoms with E-state index in [0.717, 1.165) is 18.7 Å². The van der Waals surface area contributed by atoms with E-state index < -0.39 is 5.97 Å². The number of rotatable bonds is 7. The summed E-state index contributed by atoms with van der Waals surface area (Å²) in [4.78, 5) is 14.8. The third-order valence-corrected chi connectivity index (χ3v) is 6.01. The molecule has 2 aromatic rings. The molecule has 1 N–H and O–H groups in total. The summed E-state index contributed by atoms with van der Waals surface area (Å²) in [6.07, 6.45) is 1.29. The van der Waals surface area contributed by atoms with Crippen molar-refractivity contribution < 1.29 is 24.1 Å². The maximum absolute atomic E-state index is 11.3. The van der Waals surface area contributed by atoms with Gasteiger partial charge in [0.15, 0.2) is 11.5 Å². The molecule has 1 aromatic carbocycles. The molecule has 146 valence electrons. The summed E-state index contributed by atoms with van der Waals surface area (Å²) in [5.41, 5.74) is 0.992. The van der Waals surface area contributed by atoms with Crippen LogP contribution in [0.1, 0.15) is 29.3 Å². The summed E-state index contributed by atoms with van der Waals surface area (Å²) >= 11 is 1.68. The van der Waals surface area contributed by atoms with E-state index in [1.54, 1.807) is 32.7 Å². The first-order chi connectivity index (χ1) is 13.1. The second kappa shape index (κ2) is 8.63. The van der Waals surface area contributed by atoms with Gasteiger partial charge in [0, 0.05) is 10.4 Å². The zero-order valence-electron chi connectivity index (χ0n) is 15.8. The molecule has 3 rings (SSSR count). The molecule has 1 saturated heterocycles. The first-order valence-electron chi connectivity index (χ1n) is 8.89. The molecule has 1 fully saturated rings. The molecule has 1 aliphatic rings. The van der Waals surface area contributed by atoms with Gasteiger partial charge < -0.3 is 19.3 Å². The Morgan fingerprint density at radius 2 is 1.81 bits per heavy atom. The molecule has 1 aromatic heterocycles. The number of methoxy groups -OCH3 is 3. The summed E-state index contributed by atoms with van der Waals surface area (Å²) in [5.74, 6) is 0.867. The van der Waals surface area contributed by atoms with Crippen molar-refractivity contribution >= 4 is 17.3 Å². The van der Waals surface area contributed by atoms with Gasteiger partial charge in [0.25, 0.3) is 0 Å². The van der Waals surface area contributed by atoms with Gasteiger partial charge in [-0.1, -0.05) is 6.07 Å². The topological polar surface area (TPSA) is 68.2 Å². The Hall–Kier alpha value is -2.25. The smallest absolute Gasteiger partial charge is 0.306 e. The number of carboxylic acids is 1. The van der Waals surface area contributed by atoms with E-state index in [-0.39, 0.29) is 12.0 Å². The number of aliphatic carboxylic acids is 1. The molecule has 0 bridgehead atoms. The second-order valence-corrected chi connectivity index (χ2v) is 7.47. The lowest BCUT2D eigenvalue weighted by atomic mass is 9.93. The maximum atomic E-state index is 11.3. The van der Waals surface area contributed by atoms with Crippen molar-refractivity contribution in [1.82, 2.24) is 4.90 Å². The summed E-state index contributed by atoms with van der Waals surface area (Å²) < 4.78 is 16.7. The molecule has 2 heterocycles. The first kappa shape index (κ1) is 19.5. The van der Waals surface area contributed by atoms with Crippen molar-refractivity contribution in [2.75, 3.05) is 34.4 Å². The summed E-state index contributed by atoms with van der Waals surface area (Å²) in [5, 5.41) is 11.4. The van der Waals surface area contributed by atoms with Crippen molar-refractivity contribution in [3.8, 4) is 17.2 Å². The minimum atomic E-state index is -0.703. The Kier molecular flexibility index (Phi) is 6.23. The van der Waals surface area contributed by atoms with Crippen molar-refractivity contribution in [3.05, 3.63) is 40.1 Å². The monoisotopic (exact) mass is 391 g/mol. The minimum absolute atomic E-state index is 0.0190. The molecule has 1 atom stereocenters. The number of benzene rings is 1. The van der Waals surface area contributed by atoms with Gasteiger partial charge in [-0.25, -0.2) is 0 Å². The maximum Gasteiger partial charge on any atom is 0.306 e. The lowest BCUT2D eigenvalue weighted by Gasteiger charge is -2.37. The fourth-order valence-electron chi connectivity index (χ4n) is 3.72. The molecule has 0 radical (unpaired) electrons. The quantitative estimate of drug-likeness (QED) is 0.777. The molecular weight excluding hydrogens is 366 g/mol. The number of hydrogen-bond donors (Lipinski definition) is 1. The number of ether oxygens (including phenoxy) is 3. The lowest BCUT2D eigenvalue weighted by molar-refractivity contribution is -0.143. The van der Waals surface area contributed by atoms with Gasteiger partial charge in [-0.2, -0.15) is 0 Å². The van der Waals surface area contributed by atoms with Crippen LogP contribution < -0.4 is 14.2 Å². The second-order valence-electron chi connectivity index (χ2n) is 6.49. The van der Waals surface area contributed by atoms with Crippen LogP contribution in [0.4, 0.5) is 0 Å². The third kappa shape index (κ3) is 3.89. The molecule has 7 heteroatoms. The van der Waals surface area contributed by atoms with Crippen LogP contribution in [0.3, 0.4) is 0 Å². The van der Waals surface area contributed by atoms with Crippen LogP contribution in [0, 0.1) is 5.92 Å². The summed E-state index contributed by atoms with van der Waals surface area (Å²) in [7, 11) is 4.83. The van der Waals surface area contributed by atoms with E-state index >= 15 is 0 Å². The number of thiophene rings is 1. The van der Waals surface area contributed by atoms with Gasteiger partial charge in [0.05, 0.1) is 33.3 Å². The predicted octanol–water partition coefficient (Wildman–Crippen LogP) is 3.66. The fourth-order valence-corrected chi connectivity index (χ4v) is 4.60. The zero-order valence-corrected chi connectivity index (χ0v) is 16.6. The Labute approximate surface area is 163 Å². The molecule has 27 heavy (non-hydrogen) atoms. The average Bonchev–Trinajstić information content (AvgIpc) is 3.22. The largest absolute Gasteiger partial charge is 0.493 e. The molecule has 0 spiro atoms. The normalized spacial score (nSPS) is 16.7. The standard InChI is InChI=1S/C20H25NO5S/c1-24-15-7-6-14(18(25-2)19(15)26-3)17(16-5-4-12-27-16)21-10-8-13(9-11-21)20(22)23/h4-7,12-13,17H,8-11H2,1-3H3,(H,22,23). The molecule has 0 aliphatic carbocycles. The fraction of sp³-hybridized carbons (Fsp3) is 0.450. The van der Waals surface area contributed by atoms with Crippen molar-refractivity contribution in [3.63, 3.8) is 0 Å². The van der Waals surface area contributed by atoms with Gasteiger partial charge >= 0.3 is 5.97 Å². The summed E-state index contributed by atoms with van der Waals surface area (Å²) in [6.45, 7) is 1.44. The van der Waals surface area contributed by atoms with E-state index in [1.807, 2.05) is 18.2 Å². The SMILES string of the molecule is COc1ccc(C(c2cccs2)N2CCC(C(=O)O)CC2)c(OC)c1OC. The molecule has 1 unspecified atom stereocenters. The number of hydrogen-bond acceptors (Lipinski definition) is 6.